The quantitative estimate of drug-likeness (QED) is 0.739. The maximum absolute atomic E-state index is 9.72. The Morgan fingerprint density at radius 2 is 2.00 bits per heavy atom. The second-order valence-corrected chi connectivity index (χ2v) is 5.43. The first-order valence-corrected chi connectivity index (χ1v) is 6.10. The van der Waals surface area contributed by atoms with Crippen LogP contribution in [0, 0.1) is 0 Å². The Balaban J connectivity index is 2.07. The highest BCUT2D eigenvalue weighted by atomic mass is 16.5. The lowest BCUT2D eigenvalue weighted by atomic mass is 10.1. The monoisotopic (exact) mass is 231 g/mol. The molecule has 0 aromatic rings. The van der Waals surface area contributed by atoms with Crippen LogP contribution in [0.4, 0.5) is 0 Å². The van der Waals surface area contributed by atoms with Crippen molar-refractivity contribution in [2.75, 3.05) is 26.4 Å². The minimum atomic E-state index is -0.429. The van der Waals surface area contributed by atoms with Gasteiger partial charge in [0.2, 0.25) is 0 Å². The van der Waals surface area contributed by atoms with Gasteiger partial charge in [-0.1, -0.05) is 0 Å². The number of aliphatic hydroxyl groups is 1. The van der Waals surface area contributed by atoms with Crippen molar-refractivity contribution in [1.82, 2.24) is 5.32 Å². The first-order chi connectivity index (χ1) is 7.47. The van der Waals surface area contributed by atoms with Crippen molar-refractivity contribution < 1.29 is 14.6 Å². The lowest BCUT2D eigenvalue weighted by Gasteiger charge is -2.26. The molecule has 0 aromatic heterocycles. The maximum Gasteiger partial charge on any atom is 0.0898 e. The molecule has 16 heavy (non-hydrogen) atoms. The maximum atomic E-state index is 9.72. The van der Waals surface area contributed by atoms with Crippen molar-refractivity contribution in [1.29, 1.82) is 0 Å². The van der Waals surface area contributed by atoms with E-state index in [1.807, 2.05) is 0 Å². The summed E-state index contributed by atoms with van der Waals surface area (Å²) in [7, 11) is 0. The third-order valence-corrected chi connectivity index (χ3v) is 2.56. The standard InChI is InChI=1S/C12H25NO3/c1-12(2,3)13-8-10(14)9-16-11-4-6-15-7-5-11/h10-11,13-14H,4-9H2,1-3H3. The fourth-order valence-corrected chi connectivity index (χ4v) is 1.57. The van der Waals surface area contributed by atoms with Crippen molar-refractivity contribution in [3.8, 4) is 0 Å². The van der Waals surface area contributed by atoms with Gasteiger partial charge in [-0.2, -0.15) is 0 Å². The van der Waals surface area contributed by atoms with Gasteiger partial charge >= 0.3 is 0 Å². The van der Waals surface area contributed by atoms with E-state index in [4.69, 9.17) is 9.47 Å². The van der Waals surface area contributed by atoms with E-state index < -0.39 is 6.10 Å². The van der Waals surface area contributed by atoms with Crippen molar-refractivity contribution >= 4 is 0 Å². The predicted octanol–water partition coefficient (Wildman–Crippen LogP) is 0.931. The molecule has 1 atom stereocenters. The molecule has 0 bridgehead atoms. The number of hydrogen-bond acceptors (Lipinski definition) is 4. The van der Waals surface area contributed by atoms with Crippen LogP contribution in [0.3, 0.4) is 0 Å². The van der Waals surface area contributed by atoms with Crippen LogP contribution in [-0.4, -0.2) is 49.2 Å². The Bertz CT molecular complexity index is 185. The van der Waals surface area contributed by atoms with E-state index in [0.29, 0.717) is 13.2 Å². The molecule has 0 saturated carbocycles. The molecule has 2 N–H and O–H groups in total. The molecule has 0 aliphatic carbocycles. The number of nitrogens with one attached hydrogen (secondary N) is 1. The van der Waals surface area contributed by atoms with E-state index in [0.717, 1.165) is 26.1 Å². The topological polar surface area (TPSA) is 50.7 Å². The van der Waals surface area contributed by atoms with Gasteiger partial charge in [0.25, 0.3) is 0 Å². The number of hydrogen-bond donors (Lipinski definition) is 2. The molecule has 4 nitrogen and oxygen atoms in total. The first kappa shape index (κ1) is 13.9. The van der Waals surface area contributed by atoms with Gasteiger partial charge in [-0.3, -0.25) is 0 Å². The van der Waals surface area contributed by atoms with Gasteiger partial charge in [0.1, 0.15) is 0 Å². The lowest BCUT2D eigenvalue weighted by Crippen LogP contribution is -2.42. The summed E-state index contributed by atoms with van der Waals surface area (Å²) in [6.07, 6.45) is 1.72. The zero-order valence-electron chi connectivity index (χ0n) is 10.7. The second kappa shape index (κ2) is 6.55. The zero-order valence-corrected chi connectivity index (χ0v) is 10.7. The van der Waals surface area contributed by atoms with E-state index in [1.165, 1.54) is 0 Å². The minimum Gasteiger partial charge on any atom is -0.389 e. The molecule has 0 aromatic carbocycles. The summed E-state index contributed by atoms with van der Waals surface area (Å²) in [5.74, 6) is 0. The van der Waals surface area contributed by atoms with Crippen LogP contribution in [0.2, 0.25) is 0 Å². The van der Waals surface area contributed by atoms with Gasteiger partial charge in [0, 0.05) is 25.3 Å². The summed E-state index contributed by atoms with van der Waals surface area (Å²) in [6, 6.07) is 0. The van der Waals surface area contributed by atoms with Crippen molar-refractivity contribution in [3.05, 3.63) is 0 Å². The van der Waals surface area contributed by atoms with E-state index >= 15 is 0 Å². The van der Waals surface area contributed by atoms with Gasteiger partial charge < -0.3 is 19.9 Å². The Morgan fingerprint density at radius 3 is 2.56 bits per heavy atom. The Labute approximate surface area is 98.3 Å². The summed E-state index contributed by atoms with van der Waals surface area (Å²) in [4.78, 5) is 0. The van der Waals surface area contributed by atoms with Crippen molar-refractivity contribution in [3.63, 3.8) is 0 Å². The highest BCUT2D eigenvalue weighted by molar-refractivity contribution is 4.73. The molecule has 0 radical (unpaired) electrons. The van der Waals surface area contributed by atoms with E-state index in [2.05, 4.69) is 26.1 Å². The van der Waals surface area contributed by atoms with E-state index in [9.17, 15) is 5.11 Å². The third kappa shape index (κ3) is 6.43. The average Bonchev–Trinajstić information content (AvgIpc) is 2.24. The molecular formula is C12H25NO3. The number of aliphatic hydroxyl groups excluding tert-OH is 1. The van der Waals surface area contributed by atoms with Crippen LogP contribution in [-0.2, 0) is 9.47 Å². The van der Waals surface area contributed by atoms with E-state index in [-0.39, 0.29) is 11.6 Å². The summed E-state index contributed by atoms with van der Waals surface area (Å²) in [5, 5.41) is 13.0. The molecule has 1 aliphatic rings. The first-order valence-electron chi connectivity index (χ1n) is 6.10. The van der Waals surface area contributed by atoms with Gasteiger partial charge in [-0.15, -0.1) is 0 Å². The van der Waals surface area contributed by atoms with Crippen LogP contribution in [0.25, 0.3) is 0 Å². The van der Waals surface area contributed by atoms with Crippen LogP contribution in [0.15, 0.2) is 0 Å². The van der Waals surface area contributed by atoms with Crippen molar-refractivity contribution in [2.45, 2.75) is 51.4 Å². The molecule has 0 spiro atoms. The summed E-state index contributed by atoms with van der Waals surface area (Å²) < 4.78 is 10.9. The fraction of sp³-hybridized carbons (Fsp3) is 1.00. The largest absolute Gasteiger partial charge is 0.389 e. The van der Waals surface area contributed by atoms with Crippen LogP contribution < -0.4 is 5.32 Å². The Morgan fingerprint density at radius 1 is 1.38 bits per heavy atom. The molecule has 1 fully saturated rings. The molecule has 0 amide bonds. The van der Waals surface area contributed by atoms with Gasteiger partial charge in [0.15, 0.2) is 0 Å². The van der Waals surface area contributed by atoms with E-state index in [1.54, 1.807) is 0 Å². The van der Waals surface area contributed by atoms with Crippen molar-refractivity contribution in [2.24, 2.45) is 0 Å². The number of ether oxygens (including phenoxy) is 2. The Hall–Kier alpha value is -0.160. The predicted molar refractivity (Wildman–Crippen MR) is 63.6 cm³/mol. The fourth-order valence-electron chi connectivity index (χ4n) is 1.57. The smallest absolute Gasteiger partial charge is 0.0898 e. The summed E-state index contributed by atoms with van der Waals surface area (Å²) >= 11 is 0. The number of β-amino-alcohol motifs (C(OH)–C–C–N with tert-alkyl or cyclic N) is 1. The lowest BCUT2D eigenvalue weighted by molar-refractivity contribution is -0.0592. The highest BCUT2D eigenvalue weighted by Crippen LogP contribution is 2.10. The molecule has 1 aliphatic heterocycles. The molecule has 1 unspecified atom stereocenters. The molecular weight excluding hydrogens is 206 g/mol. The van der Waals surface area contributed by atoms with Gasteiger partial charge in [-0.05, 0) is 33.6 Å². The van der Waals surface area contributed by atoms with Gasteiger partial charge in [0.05, 0.1) is 18.8 Å². The zero-order chi connectivity index (χ0) is 12.0. The second-order valence-electron chi connectivity index (χ2n) is 5.43. The number of rotatable bonds is 5. The minimum absolute atomic E-state index is 0.0413. The van der Waals surface area contributed by atoms with Crippen LogP contribution in [0.5, 0.6) is 0 Å². The Kier molecular flexibility index (Phi) is 5.69. The third-order valence-electron chi connectivity index (χ3n) is 2.56. The molecule has 4 heteroatoms. The molecule has 1 rings (SSSR count). The average molecular weight is 231 g/mol. The molecule has 1 heterocycles. The molecule has 1 saturated heterocycles. The van der Waals surface area contributed by atoms with Crippen LogP contribution >= 0.6 is 0 Å². The summed E-state index contributed by atoms with van der Waals surface area (Å²) in [5.41, 5.74) is 0.0413. The summed E-state index contributed by atoms with van der Waals surface area (Å²) in [6.45, 7) is 8.79. The molecule has 96 valence electrons. The van der Waals surface area contributed by atoms with Crippen LogP contribution in [0.1, 0.15) is 33.6 Å². The van der Waals surface area contributed by atoms with Gasteiger partial charge in [-0.25, -0.2) is 0 Å². The SMILES string of the molecule is CC(C)(C)NCC(O)COC1CCOCC1. The normalized spacial score (nSPS) is 21.0. The highest BCUT2D eigenvalue weighted by Gasteiger charge is 2.17.